The highest BCUT2D eigenvalue weighted by molar-refractivity contribution is 6.36. The number of rotatable bonds is 4. The van der Waals surface area contributed by atoms with Gasteiger partial charge in [0.1, 0.15) is 5.75 Å². The summed E-state index contributed by atoms with van der Waals surface area (Å²) in [5.74, 6) is -2.58. The Morgan fingerprint density at radius 3 is 2.16 bits per heavy atom. The highest BCUT2D eigenvalue weighted by atomic mass is 35.5. The number of aromatic hydroxyl groups is 1. The molecule has 4 nitrogen and oxygen atoms in total. The van der Waals surface area contributed by atoms with Gasteiger partial charge in [0.25, 0.3) is 0 Å². The Hall–Kier alpha value is -2.93. The van der Waals surface area contributed by atoms with Crippen LogP contribution in [-0.2, 0) is 0 Å². The van der Waals surface area contributed by atoms with Crippen LogP contribution in [0.3, 0.4) is 0 Å². The largest absolute Gasteiger partial charge is 0.493 e. The van der Waals surface area contributed by atoms with Gasteiger partial charge >= 0.3 is 6.01 Å². The van der Waals surface area contributed by atoms with Crippen molar-refractivity contribution in [2.45, 2.75) is 0 Å². The maximum atomic E-state index is 13.5. The number of ether oxygens (including phenoxy) is 1. The van der Waals surface area contributed by atoms with Crippen LogP contribution >= 0.6 is 34.8 Å². The molecular weight excluding hydrogens is 469 g/mol. The summed E-state index contributed by atoms with van der Waals surface area (Å²) in [6.45, 7) is 0. The van der Waals surface area contributed by atoms with Crippen LogP contribution in [0.15, 0.2) is 60.7 Å². The van der Waals surface area contributed by atoms with Crippen molar-refractivity contribution < 1.29 is 18.6 Å². The molecule has 0 aliphatic rings. The minimum absolute atomic E-state index is 0.0503. The second-order valence-electron chi connectivity index (χ2n) is 6.36. The molecule has 0 atom stereocenters. The van der Waals surface area contributed by atoms with Crippen LogP contribution < -0.4 is 4.74 Å². The van der Waals surface area contributed by atoms with Gasteiger partial charge in [-0.05, 0) is 48.0 Å². The quantitative estimate of drug-likeness (QED) is 0.328. The van der Waals surface area contributed by atoms with Crippen LogP contribution in [0, 0.1) is 11.6 Å². The van der Waals surface area contributed by atoms with E-state index in [9.17, 15) is 13.9 Å². The van der Waals surface area contributed by atoms with Gasteiger partial charge in [-0.15, -0.1) is 0 Å². The second-order valence-corrected chi connectivity index (χ2v) is 7.64. The molecule has 1 heterocycles. The van der Waals surface area contributed by atoms with E-state index in [0.29, 0.717) is 21.2 Å². The summed E-state index contributed by atoms with van der Waals surface area (Å²) in [4.78, 5) is 8.33. The fraction of sp³-hybridized carbons (Fsp3) is 0. The van der Waals surface area contributed by atoms with E-state index in [-0.39, 0.29) is 28.0 Å². The summed E-state index contributed by atoms with van der Waals surface area (Å²) in [5, 5.41) is 11.9. The molecule has 0 bridgehead atoms. The van der Waals surface area contributed by atoms with E-state index in [0.717, 1.165) is 12.1 Å². The standard InChI is InChI=1S/C22H11Cl3F2N2O2/c23-12-3-1-11(2-4-12)19-20(15-7-5-13(24)9-16(15)25)28-22(29-21(19)30)31-14-6-8-17(26)18(27)10-14/h1-10H,(H,28,29,30). The van der Waals surface area contributed by atoms with Crippen molar-refractivity contribution in [1.82, 2.24) is 9.97 Å². The number of benzene rings is 3. The van der Waals surface area contributed by atoms with Gasteiger partial charge in [0.2, 0.25) is 5.88 Å². The van der Waals surface area contributed by atoms with Crippen molar-refractivity contribution in [1.29, 1.82) is 0 Å². The van der Waals surface area contributed by atoms with Gasteiger partial charge in [0.15, 0.2) is 11.6 Å². The van der Waals surface area contributed by atoms with E-state index < -0.39 is 17.5 Å². The topological polar surface area (TPSA) is 55.2 Å². The zero-order valence-electron chi connectivity index (χ0n) is 15.4. The highest BCUT2D eigenvalue weighted by Crippen LogP contribution is 2.41. The van der Waals surface area contributed by atoms with E-state index in [1.54, 1.807) is 36.4 Å². The lowest BCUT2D eigenvalue weighted by atomic mass is 10.00. The summed E-state index contributed by atoms with van der Waals surface area (Å²) in [6.07, 6.45) is 0. The van der Waals surface area contributed by atoms with E-state index in [2.05, 4.69) is 9.97 Å². The number of aromatic nitrogens is 2. The fourth-order valence-corrected chi connectivity index (χ4v) is 3.50. The molecular formula is C22H11Cl3F2N2O2. The minimum atomic E-state index is -1.10. The molecule has 31 heavy (non-hydrogen) atoms. The van der Waals surface area contributed by atoms with Gasteiger partial charge in [0.05, 0.1) is 16.3 Å². The summed E-state index contributed by atoms with van der Waals surface area (Å²) >= 11 is 18.3. The molecule has 1 N–H and O–H groups in total. The Labute approximate surface area is 190 Å². The molecule has 3 aromatic carbocycles. The molecule has 0 aliphatic heterocycles. The lowest BCUT2D eigenvalue weighted by Gasteiger charge is -2.14. The van der Waals surface area contributed by atoms with Crippen LogP contribution in [0.4, 0.5) is 8.78 Å². The lowest BCUT2D eigenvalue weighted by molar-refractivity contribution is 0.404. The Morgan fingerprint density at radius 1 is 0.774 bits per heavy atom. The first kappa shape index (κ1) is 21.3. The fourth-order valence-electron chi connectivity index (χ4n) is 2.88. The lowest BCUT2D eigenvalue weighted by Crippen LogP contribution is -1.99. The monoisotopic (exact) mass is 478 g/mol. The average molecular weight is 480 g/mol. The van der Waals surface area contributed by atoms with Gasteiger partial charge in [-0.2, -0.15) is 9.97 Å². The first-order valence-electron chi connectivity index (χ1n) is 8.77. The van der Waals surface area contributed by atoms with Gasteiger partial charge in [-0.1, -0.05) is 46.9 Å². The third-order valence-corrected chi connectivity index (χ3v) is 5.09. The first-order chi connectivity index (χ1) is 14.8. The van der Waals surface area contributed by atoms with Crippen molar-refractivity contribution in [2.75, 3.05) is 0 Å². The van der Waals surface area contributed by atoms with Crippen molar-refractivity contribution >= 4 is 34.8 Å². The van der Waals surface area contributed by atoms with Crippen LogP contribution in [0.1, 0.15) is 0 Å². The SMILES string of the molecule is Oc1nc(Oc2ccc(F)c(F)c2)nc(-c2ccc(Cl)cc2Cl)c1-c1ccc(Cl)cc1. The molecule has 156 valence electrons. The van der Waals surface area contributed by atoms with Gasteiger partial charge in [-0.25, -0.2) is 8.78 Å². The van der Waals surface area contributed by atoms with E-state index in [1.807, 2.05) is 0 Å². The van der Waals surface area contributed by atoms with Crippen LogP contribution in [0.5, 0.6) is 17.6 Å². The smallest absolute Gasteiger partial charge is 0.325 e. The normalized spacial score (nSPS) is 10.9. The Kier molecular flexibility index (Phi) is 5.96. The predicted molar refractivity (Wildman–Crippen MR) is 116 cm³/mol. The summed E-state index contributed by atoms with van der Waals surface area (Å²) in [6, 6.07) is 14.1. The molecule has 9 heteroatoms. The number of halogens is 5. The molecule has 0 radical (unpaired) electrons. The molecule has 0 unspecified atom stereocenters. The number of nitrogens with zero attached hydrogens (tertiary/aromatic N) is 2. The Balaban J connectivity index is 1.89. The van der Waals surface area contributed by atoms with E-state index >= 15 is 0 Å². The van der Waals surface area contributed by atoms with Crippen molar-refractivity contribution in [3.8, 4) is 40.0 Å². The summed E-state index contributed by atoms with van der Waals surface area (Å²) < 4.78 is 32.2. The van der Waals surface area contributed by atoms with Gasteiger partial charge in [0, 0.05) is 21.7 Å². The van der Waals surface area contributed by atoms with Crippen LogP contribution in [0.2, 0.25) is 15.1 Å². The number of hydrogen-bond acceptors (Lipinski definition) is 4. The van der Waals surface area contributed by atoms with Crippen LogP contribution in [0.25, 0.3) is 22.4 Å². The molecule has 0 fully saturated rings. The van der Waals surface area contributed by atoms with Gasteiger partial charge < -0.3 is 9.84 Å². The highest BCUT2D eigenvalue weighted by Gasteiger charge is 2.21. The third kappa shape index (κ3) is 4.56. The maximum absolute atomic E-state index is 13.5. The zero-order chi connectivity index (χ0) is 22.1. The summed E-state index contributed by atoms with van der Waals surface area (Å²) in [5.41, 5.74) is 1.54. The maximum Gasteiger partial charge on any atom is 0.325 e. The van der Waals surface area contributed by atoms with E-state index in [4.69, 9.17) is 39.5 Å². The second kappa shape index (κ2) is 8.67. The van der Waals surface area contributed by atoms with E-state index in [1.165, 1.54) is 12.1 Å². The molecule has 0 amide bonds. The average Bonchev–Trinajstić information content (AvgIpc) is 2.71. The zero-order valence-corrected chi connectivity index (χ0v) is 17.7. The predicted octanol–water partition coefficient (Wildman–Crippen LogP) is 7.55. The van der Waals surface area contributed by atoms with Crippen molar-refractivity contribution in [2.24, 2.45) is 0 Å². The van der Waals surface area contributed by atoms with Crippen molar-refractivity contribution in [3.63, 3.8) is 0 Å². The molecule has 4 rings (SSSR count). The van der Waals surface area contributed by atoms with Crippen LogP contribution in [-0.4, -0.2) is 15.1 Å². The summed E-state index contributed by atoms with van der Waals surface area (Å²) in [7, 11) is 0. The Morgan fingerprint density at radius 2 is 1.48 bits per heavy atom. The number of hydrogen-bond donors (Lipinski definition) is 1. The molecule has 4 aromatic rings. The molecule has 0 aliphatic carbocycles. The first-order valence-corrected chi connectivity index (χ1v) is 9.90. The van der Waals surface area contributed by atoms with Gasteiger partial charge in [-0.3, -0.25) is 0 Å². The molecule has 0 saturated carbocycles. The van der Waals surface area contributed by atoms with Crippen molar-refractivity contribution in [3.05, 3.63) is 87.4 Å². The third-order valence-electron chi connectivity index (χ3n) is 4.29. The molecule has 0 saturated heterocycles. The Bertz CT molecular complexity index is 1280. The minimum Gasteiger partial charge on any atom is -0.493 e. The molecule has 0 spiro atoms. The molecule has 1 aromatic heterocycles.